The Kier molecular flexibility index (Phi) is 7.60. The van der Waals surface area contributed by atoms with Crippen LogP contribution >= 0.6 is 0 Å². The average molecular weight is 504 g/mol. The van der Waals surface area contributed by atoms with Crippen molar-refractivity contribution in [1.29, 1.82) is 0 Å². The summed E-state index contributed by atoms with van der Waals surface area (Å²) in [5.74, 6) is -0.986. The van der Waals surface area contributed by atoms with Gasteiger partial charge in [-0.2, -0.15) is 4.31 Å². The SMILES string of the molecule is C=CCOC(=O)c1c(C)nc(C)nc1C(=O)N1CCN(S(=O)(=O)c2ccc([N+](=O)[O-])cc2)C(C)C1. The molecular formula is C22H25N5O7S. The van der Waals surface area contributed by atoms with Crippen LogP contribution in [-0.2, 0) is 14.8 Å². The van der Waals surface area contributed by atoms with Crippen LogP contribution in [0.25, 0.3) is 0 Å². The summed E-state index contributed by atoms with van der Waals surface area (Å²) in [6, 6.07) is 4.03. The predicted molar refractivity (Wildman–Crippen MR) is 124 cm³/mol. The average Bonchev–Trinajstić information content (AvgIpc) is 2.81. The van der Waals surface area contributed by atoms with Crippen LogP contribution in [0.3, 0.4) is 0 Å². The number of piperazine rings is 1. The summed E-state index contributed by atoms with van der Waals surface area (Å²) in [5.41, 5.74) is -0.0772. The molecule has 0 aliphatic carbocycles. The first-order chi connectivity index (χ1) is 16.5. The first-order valence-electron chi connectivity index (χ1n) is 10.7. The molecule has 1 aliphatic rings. The van der Waals surface area contributed by atoms with E-state index in [0.29, 0.717) is 11.5 Å². The molecule has 3 rings (SSSR count). The van der Waals surface area contributed by atoms with E-state index in [1.807, 2.05) is 0 Å². The Balaban J connectivity index is 1.83. The van der Waals surface area contributed by atoms with Gasteiger partial charge in [-0.1, -0.05) is 12.7 Å². The normalized spacial score (nSPS) is 16.5. The number of aryl methyl sites for hydroxylation is 2. The van der Waals surface area contributed by atoms with Gasteiger partial charge in [0.1, 0.15) is 23.7 Å². The molecule has 13 heteroatoms. The maximum absolute atomic E-state index is 13.4. The van der Waals surface area contributed by atoms with Gasteiger partial charge in [0.15, 0.2) is 0 Å². The van der Waals surface area contributed by atoms with Crippen LogP contribution in [0.4, 0.5) is 5.69 Å². The van der Waals surface area contributed by atoms with Crippen LogP contribution in [0.1, 0.15) is 39.3 Å². The van der Waals surface area contributed by atoms with E-state index in [1.165, 1.54) is 27.4 Å². The maximum Gasteiger partial charge on any atom is 0.342 e. The van der Waals surface area contributed by atoms with Gasteiger partial charge in [-0.25, -0.2) is 23.2 Å². The zero-order chi connectivity index (χ0) is 25.9. The first kappa shape index (κ1) is 25.9. The predicted octanol–water partition coefficient (Wildman–Crippen LogP) is 1.88. The number of nitro groups is 1. The molecule has 1 aliphatic heterocycles. The third kappa shape index (κ3) is 5.35. The van der Waals surface area contributed by atoms with E-state index in [9.17, 15) is 28.1 Å². The molecule has 186 valence electrons. The molecule has 1 aromatic heterocycles. The van der Waals surface area contributed by atoms with Crippen molar-refractivity contribution in [2.24, 2.45) is 0 Å². The molecule has 12 nitrogen and oxygen atoms in total. The van der Waals surface area contributed by atoms with E-state index in [0.717, 1.165) is 12.1 Å². The monoisotopic (exact) mass is 503 g/mol. The van der Waals surface area contributed by atoms with Crippen LogP contribution in [0.15, 0.2) is 41.8 Å². The molecule has 0 bridgehead atoms. The van der Waals surface area contributed by atoms with E-state index in [1.54, 1.807) is 20.8 Å². The number of sulfonamides is 1. The Labute approximate surface area is 202 Å². The minimum absolute atomic E-state index is 0.00841. The third-order valence-corrected chi connectivity index (χ3v) is 7.48. The summed E-state index contributed by atoms with van der Waals surface area (Å²) < 4.78 is 32.6. The van der Waals surface area contributed by atoms with Crippen LogP contribution in [0, 0.1) is 24.0 Å². The second-order valence-electron chi connectivity index (χ2n) is 7.93. The van der Waals surface area contributed by atoms with Gasteiger partial charge in [-0.15, -0.1) is 0 Å². The van der Waals surface area contributed by atoms with E-state index in [2.05, 4.69) is 16.5 Å². The van der Waals surface area contributed by atoms with Crippen LogP contribution in [-0.4, -0.2) is 76.7 Å². The number of amides is 1. The van der Waals surface area contributed by atoms with Crippen LogP contribution in [0.5, 0.6) is 0 Å². The number of non-ortho nitro benzene ring substituents is 1. The van der Waals surface area contributed by atoms with Gasteiger partial charge >= 0.3 is 5.97 Å². The summed E-state index contributed by atoms with van der Waals surface area (Å²) in [7, 11) is -3.95. The van der Waals surface area contributed by atoms with E-state index >= 15 is 0 Å². The van der Waals surface area contributed by atoms with Gasteiger partial charge in [0.2, 0.25) is 10.0 Å². The number of nitrogens with zero attached hydrogens (tertiary/aromatic N) is 5. The summed E-state index contributed by atoms with van der Waals surface area (Å²) in [6.45, 7) is 8.37. The molecule has 0 N–H and O–H groups in total. The fraction of sp³-hybridized carbons (Fsp3) is 0.364. The molecule has 0 saturated carbocycles. The Morgan fingerprint density at radius 3 is 2.46 bits per heavy atom. The number of benzene rings is 1. The molecule has 1 aromatic carbocycles. The lowest BCUT2D eigenvalue weighted by molar-refractivity contribution is -0.384. The number of ether oxygens (including phenoxy) is 1. The van der Waals surface area contributed by atoms with Crippen molar-refractivity contribution in [2.75, 3.05) is 26.2 Å². The van der Waals surface area contributed by atoms with Gasteiger partial charge in [0.05, 0.1) is 15.5 Å². The lowest BCUT2D eigenvalue weighted by Crippen LogP contribution is -2.55. The van der Waals surface area contributed by atoms with Crippen molar-refractivity contribution in [3.05, 3.63) is 69.8 Å². The second-order valence-corrected chi connectivity index (χ2v) is 9.82. The van der Waals surface area contributed by atoms with Gasteiger partial charge in [0.25, 0.3) is 11.6 Å². The minimum atomic E-state index is -3.95. The Bertz CT molecular complexity index is 1280. The summed E-state index contributed by atoms with van der Waals surface area (Å²) in [6.07, 6.45) is 1.40. The van der Waals surface area contributed by atoms with Crippen molar-refractivity contribution in [2.45, 2.75) is 31.7 Å². The fourth-order valence-corrected chi connectivity index (χ4v) is 5.44. The number of hydrogen-bond acceptors (Lipinski definition) is 9. The Hall–Kier alpha value is -3.71. The fourth-order valence-electron chi connectivity index (χ4n) is 3.83. The van der Waals surface area contributed by atoms with Crippen LogP contribution < -0.4 is 0 Å². The lowest BCUT2D eigenvalue weighted by atomic mass is 10.1. The van der Waals surface area contributed by atoms with Crippen molar-refractivity contribution < 1.29 is 27.7 Å². The van der Waals surface area contributed by atoms with E-state index in [-0.39, 0.29) is 48.1 Å². The number of nitro benzene ring substituents is 1. The van der Waals surface area contributed by atoms with Crippen molar-refractivity contribution in [1.82, 2.24) is 19.2 Å². The van der Waals surface area contributed by atoms with Gasteiger partial charge in [-0.3, -0.25) is 14.9 Å². The molecule has 1 fully saturated rings. The Morgan fingerprint density at radius 1 is 1.23 bits per heavy atom. The molecule has 1 saturated heterocycles. The Morgan fingerprint density at radius 2 is 1.89 bits per heavy atom. The topological polar surface area (TPSA) is 153 Å². The van der Waals surface area contributed by atoms with Crippen molar-refractivity contribution in [3.8, 4) is 0 Å². The van der Waals surface area contributed by atoms with Gasteiger partial charge in [-0.05, 0) is 32.9 Å². The highest BCUT2D eigenvalue weighted by atomic mass is 32.2. The molecule has 35 heavy (non-hydrogen) atoms. The molecule has 1 amide bonds. The summed E-state index contributed by atoms with van der Waals surface area (Å²) >= 11 is 0. The maximum atomic E-state index is 13.4. The molecule has 1 unspecified atom stereocenters. The second kappa shape index (κ2) is 10.3. The number of aromatic nitrogens is 2. The highest BCUT2D eigenvalue weighted by Gasteiger charge is 2.37. The number of esters is 1. The number of carbonyl (C=O) groups excluding carboxylic acids is 2. The molecule has 2 heterocycles. The van der Waals surface area contributed by atoms with E-state index in [4.69, 9.17) is 4.74 Å². The first-order valence-corrected chi connectivity index (χ1v) is 12.1. The quantitative estimate of drug-likeness (QED) is 0.238. The molecule has 1 atom stereocenters. The highest BCUT2D eigenvalue weighted by molar-refractivity contribution is 7.89. The summed E-state index contributed by atoms with van der Waals surface area (Å²) in [5, 5.41) is 10.9. The van der Waals surface area contributed by atoms with Crippen LogP contribution in [0.2, 0.25) is 0 Å². The zero-order valence-electron chi connectivity index (χ0n) is 19.5. The summed E-state index contributed by atoms with van der Waals surface area (Å²) in [4.78, 5) is 45.9. The molecule has 2 aromatic rings. The van der Waals surface area contributed by atoms with Gasteiger partial charge < -0.3 is 9.64 Å². The van der Waals surface area contributed by atoms with Crippen molar-refractivity contribution >= 4 is 27.6 Å². The lowest BCUT2D eigenvalue weighted by Gasteiger charge is -2.38. The molecule has 0 spiro atoms. The highest BCUT2D eigenvalue weighted by Crippen LogP contribution is 2.25. The molecule has 0 radical (unpaired) electrons. The number of hydrogen-bond donors (Lipinski definition) is 0. The van der Waals surface area contributed by atoms with Crippen molar-refractivity contribution in [3.63, 3.8) is 0 Å². The molecular weight excluding hydrogens is 478 g/mol. The number of carbonyl (C=O) groups is 2. The van der Waals surface area contributed by atoms with Gasteiger partial charge in [0, 0.05) is 37.8 Å². The number of rotatable bonds is 7. The third-order valence-electron chi connectivity index (χ3n) is 5.45. The smallest absolute Gasteiger partial charge is 0.342 e. The zero-order valence-corrected chi connectivity index (χ0v) is 20.3. The standard InChI is InChI=1S/C22H25N5O7S/c1-5-12-34-22(29)19-15(3)23-16(4)24-20(19)21(28)25-10-11-26(14(2)13-25)35(32,33)18-8-6-17(7-9-18)27(30)31/h5-9,14H,1,10-13H2,2-4H3. The largest absolute Gasteiger partial charge is 0.458 e. The van der Waals surface area contributed by atoms with E-state index < -0.39 is 32.9 Å². The minimum Gasteiger partial charge on any atom is -0.458 e.